The molecule has 0 bridgehead atoms. The SMILES string of the molecule is CCCNC1CCCc2cc(F)ccc21. The number of hydrogen-bond acceptors (Lipinski definition) is 1. The summed E-state index contributed by atoms with van der Waals surface area (Å²) in [6, 6.07) is 5.64. The molecule has 0 spiro atoms. The molecule has 1 aliphatic carbocycles. The topological polar surface area (TPSA) is 12.0 Å². The molecule has 1 nitrogen and oxygen atoms in total. The highest BCUT2D eigenvalue weighted by molar-refractivity contribution is 5.32. The Hall–Kier alpha value is -0.890. The standard InChI is InChI=1S/C13H18FN/c1-2-8-15-13-5-3-4-10-9-11(14)6-7-12(10)13/h6-7,9,13,15H,2-5,8H2,1H3. The van der Waals surface area contributed by atoms with Crippen LogP contribution in [-0.4, -0.2) is 6.54 Å². The summed E-state index contributed by atoms with van der Waals surface area (Å²) in [5, 5.41) is 3.52. The van der Waals surface area contributed by atoms with Crippen molar-refractivity contribution in [1.29, 1.82) is 0 Å². The van der Waals surface area contributed by atoms with Crippen molar-refractivity contribution >= 4 is 0 Å². The van der Waals surface area contributed by atoms with Crippen LogP contribution in [0.2, 0.25) is 0 Å². The average molecular weight is 207 g/mol. The Morgan fingerprint density at radius 2 is 2.33 bits per heavy atom. The number of halogens is 1. The first-order valence-electron chi connectivity index (χ1n) is 5.83. The molecule has 2 heteroatoms. The van der Waals surface area contributed by atoms with Gasteiger partial charge in [-0.1, -0.05) is 13.0 Å². The molecule has 0 saturated carbocycles. The first kappa shape index (κ1) is 10.6. The van der Waals surface area contributed by atoms with Gasteiger partial charge in [-0.2, -0.15) is 0 Å². The zero-order chi connectivity index (χ0) is 10.7. The smallest absolute Gasteiger partial charge is 0.123 e. The lowest BCUT2D eigenvalue weighted by atomic mass is 9.87. The van der Waals surface area contributed by atoms with E-state index in [1.165, 1.54) is 17.5 Å². The molecule has 0 aliphatic heterocycles. The van der Waals surface area contributed by atoms with Crippen molar-refractivity contribution in [3.8, 4) is 0 Å². The van der Waals surface area contributed by atoms with E-state index in [9.17, 15) is 4.39 Å². The van der Waals surface area contributed by atoms with Gasteiger partial charge in [-0.15, -0.1) is 0 Å². The Kier molecular flexibility index (Phi) is 3.37. The van der Waals surface area contributed by atoms with E-state index in [2.05, 4.69) is 12.2 Å². The van der Waals surface area contributed by atoms with Crippen molar-refractivity contribution in [3.05, 3.63) is 35.1 Å². The van der Waals surface area contributed by atoms with Gasteiger partial charge in [-0.25, -0.2) is 4.39 Å². The predicted molar refractivity (Wildman–Crippen MR) is 60.4 cm³/mol. The molecule has 0 radical (unpaired) electrons. The Morgan fingerprint density at radius 3 is 3.13 bits per heavy atom. The van der Waals surface area contributed by atoms with Crippen LogP contribution in [0.4, 0.5) is 4.39 Å². The molecule has 2 rings (SSSR count). The van der Waals surface area contributed by atoms with Gasteiger partial charge in [0.1, 0.15) is 5.82 Å². The van der Waals surface area contributed by atoms with E-state index in [4.69, 9.17) is 0 Å². The fourth-order valence-corrected chi connectivity index (χ4v) is 2.31. The molecule has 1 unspecified atom stereocenters. The fraction of sp³-hybridized carbons (Fsp3) is 0.538. The van der Waals surface area contributed by atoms with Crippen molar-refractivity contribution in [2.24, 2.45) is 0 Å². The van der Waals surface area contributed by atoms with Gasteiger partial charge in [0.05, 0.1) is 0 Å². The van der Waals surface area contributed by atoms with Gasteiger partial charge in [-0.3, -0.25) is 0 Å². The highest BCUT2D eigenvalue weighted by Crippen LogP contribution is 2.29. The van der Waals surface area contributed by atoms with Gasteiger partial charge < -0.3 is 5.32 Å². The van der Waals surface area contributed by atoms with Crippen molar-refractivity contribution in [2.45, 2.75) is 38.6 Å². The maximum absolute atomic E-state index is 13.1. The summed E-state index contributed by atoms with van der Waals surface area (Å²) in [5.41, 5.74) is 2.49. The lowest BCUT2D eigenvalue weighted by molar-refractivity contribution is 0.458. The second-order valence-corrected chi connectivity index (χ2v) is 4.24. The van der Waals surface area contributed by atoms with Crippen LogP contribution in [0.1, 0.15) is 43.4 Å². The Balaban J connectivity index is 2.18. The van der Waals surface area contributed by atoms with Crippen molar-refractivity contribution < 1.29 is 4.39 Å². The molecule has 0 saturated heterocycles. The van der Waals surface area contributed by atoms with E-state index >= 15 is 0 Å². The molecule has 0 fully saturated rings. The largest absolute Gasteiger partial charge is 0.310 e. The number of benzene rings is 1. The minimum atomic E-state index is -0.107. The summed E-state index contributed by atoms with van der Waals surface area (Å²) in [6.45, 7) is 3.21. The van der Waals surface area contributed by atoms with E-state index in [-0.39, 0.29) is 5.82 Å². The summed E-state index contributed by atoms with van der Waals surface area (Å²) in [5.74, 6) is -0.107. The molecule has 15 heavy (non-hydrogen) atoms. The molecule has 0 heterocycles. The van der Waals surface area contributed by atoms with Gasteiger partial charge >= 0.3 is 0 Å². The Bertz CT molecular complexity index is 335. The Morgan fingerprint density at radius 1 is 1.47 bits per heavy atom. The second kappa shape index (κ2) is 4.75. The number of fused-ring (bicyclic) bond motifs is 1. The molecule has 1 aromatic carbocycles. The molecule has 0 amide bonds. The van der Waals surface area contributed by atoms with Gasteiger partial charge in [0.2, 0.25) is 0 Å². The number of rotatable bonds is 3. The van der Waals surface area contributed by atoms with Crippen LogP contribution in [0.3, 0.4) is 0 Å². The van der Waals surface area contributed by atoms with Gasteiger partial charge in [0, 0.05) is 6.04 Å². The van der Waals surface area contributed by atoms with Crippen LogP contribution in [0.15, 0.2) is 18.2 Å². The highest BCUT2D eigenvalue weighted by Gasteiger charge is 2.19. The first-order valence-corrected chi connectivity index (χ1v) is 5.83. The minimum absolute atomic E-state index is 0.107. The lowest BCUT2D eigenvalue weighted by Gasteiger charge is -2.26. The quantitative estimate of drug-likeness (QED) is 0.802. The van der Waals surface area contributed by atoms with Gasteiger partial charge in [0.15, 0.2) is 0 Å². The third-order valence-corrected chi connectivity index (χ3v) is 3.06. The molecule has 82 valence electrons. The summed E-state index contributed by atoms with van der Waals surface area (Å²) >= 11 is 0. The van der Waals surface area contributed by atoms with E-state index in [0.717, 1.165) is 25.8 Å². The van der Waals surface area contributed by atoms with Crippen molar-refractivity contribution in [3.63, 3.8) is 0 Å². The summed E-state index contributed by atoms with van der Waals surface area (Å²) in [6.07, 6.45) is 4.51. The number of nitrogens with one attached hydrogen (secondary N) is 1. The molecule has 1 aromatic rings. The van der Waals surface area contributed by atoms with E-state index in [0.29, 0.717) is 6.04 Å². The third kappa shape index (κ3) is 2.37. The van der Waals surface area contributed by atoms with Crippen molar-refractivity contribution in [2.75, 3.05) is 6.54 Å². The predicted octanol–water partition coefficient (Wildman–Crippen LogP) is 3.20. The van der Waals surface area contributed by atoms with Crippen LogP contribution < -0.4 is 5.32 Å². The van der Waals surface area contributed by atoms with Crippen LogP contribution in [0.5, 0.6) is 0 Å². The van der Waals surface area contributed by atoms with Crippen molar-refractivity contribution in [1.82, 2.24) is 5.32 Å². The maximum atomic E-state index is 13.1. The fourth-order valence-electron chi connectivity index (χ4n) is 2.31. The molecular weight excluding hydrogens is 189 g/mol. The van der Waals surface area contributed by atoms with Crippen LogP contribution >= 0.6 is 0 Å². The number of aryl methyl sites for hydroxylation is 1. The maximum Gasteiger partial charge on any atom is 0.123 e. The lowest BCUT2D eigenvalue weighted by Crippen LogP contribution is -2.25. The second-order valence-electron chi connectivity index (χ2n) is 4.24. The zero-order valence-electron chi connectivity index (χ0n) is 9.22. The molecule has 0 aromatic heterocycles. The van der Waals surface area contributed by atoms with Gasteiger partial charge in [-0.05, 0) is 55.5 Å². The summed E-state index contributed by atoms with van der Waals surface area (Å²) in [7, 11) is 0. The van der Waals surface area contributed by atoms with Crippen LogP contribution in [0, 0.1) is 5.82 Å². The summed E-state index contributed by atoms with van der Waals surface area (Å²) < 4.78 is 13.1. The summed E-state index contributed by atoms with van der Waals surface area (Å²) in [4.78, 5) is 0. The monoisotopic (exact) mass is 207 g/mol. The van der Waals surface area contributed by atoms with E-state index in [1.807, 2.05) is 6.07 Å². The third-order valence-electron chi connectivity index (χ3n) is 3.06. The molecule has 1 N–H and O–H groups in total. The van der Waals surface area contributed by atoms with E-state index < -0.39 is 0 Å². The first-order chi connectivity index (χ1) is 7.31. The zero-order valence-corrected chi connectivity index (χ0v) is 9.22. The molecule has 1 aliphatic rings. The molecular formula is C13H18FN. The normalized spacial score (nSPS) is 20.0. The highest BCUT2D eigenvalue weighted by atomic mass is 19.1. The van der Waals surface area contributed by atoms with Crippen LogP contribution in [0.25, 0.3) is 0 Å². The molecule has 1 atom stereocenters. The van der Waals surface area contributed by atoms with E-state index in [1.54, 1.807) is 12.1 Å². The number of hydrogen-bond donors (Lipinski definition) is 1. The Labute approximate surface area is 90.7 Å². The van der Waals surface area contributed by atoms with Crippen LogP contribution in [-0.2, 0) is 6.42 Å². The van der Waals surface area contributed by atoms with Gasteiger partial charge in [0.25, 0.3) is 0 Å². The minimum Gasteiger partial charge on any atom is -0.310 e. The average Bonchev–Trinajstić information content (AvgIpc) is 2.25.